The molecule has 0 saturated carbocycles. The Labute approximate surface area is 88.9 Å². The number of nitro groups is 1. The summed E-state index contributed by atoms with van der Waals surface area (Å²) in [5.74, 6) is -0.0641. The van der Waals surface area contributed by atoms with Crippen LogP contribution in [0.5, 0.6) is 0 Å². The van der Waals surface area contributed by atoms with Crippen molar-refractivity contribution in [2.45, 2.75) is 6.92 Å². The molecule has 0 bridgehead atoms. The summed E-state index contributed by atoms with van der Waals surface area (Å²) in [6.45, 7) is 1.61. The highest BCUT2D eigenvalue weighted by atomic mass is 16.6. The molecule has 0 aliphatic rings. The van der Waals surface area contributed by atoms with E-state index in [0.717, 1.165) is 0 Å². The van der Waals surface area contributed by atoms with E-state index >= 15 is 0 Å². The van der Waals surface area contributed by atoms with Gasteiger partial charge in [-0.05, 0) is 13.0 Å². The van der Waals surface area contributed by atoms with Crippen LogP contribution in [-0.4, -0.2) is 14.9 Å². The van der Waals surface area contributed by atoms with Gasteiger partial charge in [0.2, 0.25) is 0 Å². The third kappa shape index (κ3) is 1.70. The molecule has 2 rings (SSSR count). The molecule has 2 heterocycles. The molecule has 0 atom stereocenters. The number of H-pyrrole nitrogens is 1. The zero-order valence-electron chi connectivity index (χ0n) is 8.26. The van der Waals surface area contributed by atoms with Gasteiger partial charge in [-0.15, -0.1) is 0 Å². The minimum absolute atomic E-state index is 0.156. The molecule has 0 amide bonds. The third-order valence-electron chi connectivity index (χ3n) is 1.98. The Morgan fingerprint density at radius 1 is 1.50 bits per heavy atom. The van der Waals surface area contributed by atoms with E-state index in [4.69, 9.17) is 4.42 Å². The SMILES string of the molecule is Cc1cnc(-c2ccc([N+](=O)[O-])o2)[nH]c1=O. The van der Waals surface area contributed by atoms with Gasteiger partial charge in [-0.1, -0.05) is 0 Å². The van der Waals surface area contributed by atoms with Gasteiger partial charge < -0.3 is 9.40 Å². The summed E-state index contributed by atoms with van der Waals surface area (Å²) in [6, 6.07) is 2.58. The van der Waals surface area contributed by atoms with E-state index in [2.05, 4.69) is 9.97 Å². The lowest BCUT2D eigenvalue weighted by molar-refractivity contribution is -0.401. The Hall–Kier alpha value is -2.44. The van der Waals surface area contributed by atoms with Gasteiger partial charge in [0.25, 0.3) is 5.56 Å². The first-order chi connectivity index (χ1) is 7.58. The number of rotatable bonds is 2. The molecule has 7 nitrogen and oxygen atoms in total. The number of aromatic nitrogens is 2. The van der Waals surface area contributed by atoms with E-state index in [9.17, 15) is 14.9 Å². The quantitative estimate of drug-likeness (QED) is 0.607. The van der Waals surface area contributed by atoms with Crippen molar-refractivity contribution in [1.82, 2.24) is 9.97 Å². The summed E-state index contributed by atoms with van der Waals surface area (Å²) in [6.07, 6.45) is 1.38. The molecule has 2 aromatic heterocycles. The van der Waals surface area contributed by atoms with Crippen LogP contribution in [0, 0.1) is 17.0 Å². The van der Waals surface area contributed by atoms with E-state index in [1.807, 2.05) is 0 Å². The highest BCUT2D eigenvalue weighted by molar-refractivity contribution is 5.48. The molecule has 82 valence electrons. The van der Waals surface area contributed by atoms with Crippen LogP contribution < -0.4 is 5.56 Å². The van der Waals surface area contributed by atoms with Crippen LogP contribution in [0.2, 0.25) is 0 Å². The van der Waals surface area contributed by atoms with Crippen molar-refractivity contribution in [3.63, 3.8) is 0 Å². The van der Waals surface area contributed by atoms with Gasteiger partial charge in [-0.25, -0.2) is 4.98 Å². The molecule has 0 aliphatic carbocycles. The maximum atomic E-state index is 11.3. The Balaban J connectivity index is 2.46. The molecule has 0 fully saturated rings. The van der Waals surface area contributed by atoms with Crippen molar-refractivity contribution in [3.8, 4) is 11.6 Å². The molecule has 2 aromatic rings. The highest BCUT2D eigenvalue weighted by Gasteiger charge is 2.14. The molecule has 0 aliphatic heterocycles. The van der Waals surface area contributed by atoms with E-state index in [1.54, 1.807) is 6.92 Å². The fourth-order valence-corrected chi connectivity index (χ4v) is 1.14. The molecule has 0 saturated heterocycles. The van der Waals surface area contributed by atoms with Gasteiger partial charge in [-0.3, -0.25) is 14.9 Å². The van der Waals surface area contributed by atoms with Crippen molar-refractivity contribution in [2.24, 2.45) is 0 Å². The van der Waals surface area contributed by atoms with E-state index in [-0.39, 0.29) is 17.1 Å². The van der Waals surface area contributed by atoms with Gasteiger partial charge in [-0.2, -0.15) is 0 Å². The van der Waals surface area contributed by atoms with Crippen LogP contribution in [0.4, 0.5) is 5.88 Å². The number of nitrogens with zero attached hydrogens (tertiary/aromatic N) is 2. The third-order valence-corrected chi connectivity index (χ3v) is 1.98. The average molecular weight is 221 g/mol. The number of hydrogen-bond donors (Lipinski definition) is 1. The number of aryl methyl sites for hydroxylation is 1. The molecule has 7 heteroatoms. The molecular formula is C9H7N3O4. The minimum Gasteiger partial charge on any atom is -0.397 e. The minimum atomic E-state index is -0.657. The molecule has 1 N–H and O–H groups in total. The monoisotopic (exact) mass is 221 g/mol. The summed E-state index contributed by atoms with van der Waals surface area (Å²) in [7, 11) is 0. The zero-order valence-corrected chi connectivity index (χ0v) is 8.26. The second kappa shape index (κ2) is 3.61. The van der Waals surface area contributed by atoms with Gasteiger partial charge in [0.15, 0.2) is 11.6 Å². The van der Waals surface area contributed by atoms with Crippen LogP contribution >= 0.6 is 0 Å². The first-order valence-electron chi connectivity index (χ1n) is 4.38. The predicted octanol–water partition coefficient (Wildman–Crippen LogP) is 1.25. The largest absolute Gasteiger partial charge is 0.433 e. The summed E-state index contributed by atoms with van der Waals surface area (Å²) in [5.41, 5.74) is 0.161. The van der Waals surface area contributed by atoms with Crippen LogP contribution in [0.15, 0.2) is 27.5 Å². The van der Waals surface area contributed by atoms with E-state index in [0.29, 0.717) is 5.56 Å². The second-order valence-corrected chi connectivity index (χ2v) is 3.14. The Morgan fingerprint density at radius 3 is 2.81 bits per heavy atom. The Morgan fingerprint density at radius 2 is 2.25 bits per heavy atom. The van der Waals surface area contributed by atoms with Crippen molar-refractivity contribution >= 4 is 5.88 Å². The summed E-state index contributed by atoms with van der Waals surface area (Å²) < 4.78 is 4.89. The Bertz CT molecular complexity index is 599. The van der Waals surface area contributed by atoms with Gasteiger partial charge in [0.05, 0.1) is 6.07 Å². The maximum Gasteiger partial charge on any atom is 0.433 e. The lowest BCUT2D eigenvalue weighted by Gasteiger charge is -1.95. The van der Waals surface area contributed by atoms with Crippen LogP contribution in [0.1, 0.15) is 5.56 Å². The zero-order chi connectivity index (χ0) is 11.7. The van der Waals surface area contributed by atoms with Gasteiger partial charge >= 0.3 is 5.88 Å². The topological polar surface area (TPSA) is 102 Å². The fraction of sp³-hybridized carbons (Fsp3) is 0.111. The highest BCUT2D eigenvalue weighted by Crippen LogP contribution is 2.22. The number of furan rings is 1. The summed E-state index contributed by atoms with van der Waals surface area (Å²) >= 11 is 0. The predicted molar refractivity (Wildman–Crippen MR) is 54.0 cm³/mol. The van der Waals surface area contributed by atoms with Crippen LogP contribution in [0.3, 0.4) is 0 Å². The fourth-order valence-electron chi connectivity index (χ4n) is 1.14. The van der Waals surface area contributed by atoms with Crippen LogP contribution in [0.25, 0.3) is 11.6 Å². The Kier molecular flexibility index (Phi) is 2.28. The first-order valence-corrected chi connectivity index (χ1v) is 4.38. The van der Waals surface area contributed by atoms with Gasteiger partial charge in [0.1, 0.15) is 4.92 Å². The number of aromatic amines is 1. The maximum absolute atomic E-state index is 11.3. The average Bonchev–Trinajstić information content (AvgIpc) is 2.71. The smallest absolute Gasteiger partial charge is 0.397 e. The standard InChI is InChI=1S/C9H7N3O4/c1-5-4-10-8(11-9(5)13)6-2-3-7(16-6)12(14)15/h2-4H,1H3,(H,10,11,13). The van der Waals surface area contributed by atoms with Gasteiger partial charge in [0, 0.05) is 11.8 Å². The first kappa shape index (κ1) is 10.1. The molecule has 0 radical (unpaired) electrons. The van der Waals surface area contributed by atoms with Crippen molar-refractivity contribution in [1.29, 1.82) is 0 Å². The normalized spacial score (nSPS) is 10.3. The second-order valence-electron chi connectivity index (χ2n) is 3.14. The number of hydrogen-bond acceptors (Lipinski definition) is 5. The van der Waals surface area contributed by atoms with E-state index in [1.165, 1.54) is 18.3 Å². The van der Waals surface area contributed by atoms with Crippen LogP contribution in [-0.2, 0) is 0 Å². The van der Waals surface area contributed by atoms with Crippen molar-refractivity contribution in [3.05, 3.63) is 44.4 Å². The lowest BCUT2D eigenvalue weighted by atomic mass is 10.3. The van der Waals surface area contributed by atoms with E-state index < -0.39 is 10.8 Å². The number of nitrogens with one attached hydrogen (secondary N) is 1. The molecule has 0 spiro atoms. The summed E-state index contributed by atoms with van der Waals surface area (Å²) in [4.78, 5) is 27.4. The van der Waals surface area contributed by atoms with Crippen molar-refractivity contribution < 1.29 is 9.34 Å². The summed E-state index contributed by atoms with van der Waals surface area (Å²) in [5, 5.41) is 10.4. The van der Waals surface area contributed by atoms with Crippen molar-refractivity contribution in [2.75, 3.05) is 0 Å². The molecule has 16 heavy (non-hydrogen) atoms. The molecule has 0 aromatic carbocycles. The molecular weight excluding hydrogens is 214 g/mol. The molecule has 0 unspecified atom stereocenters. The lowest BCUT2D eigenvalue weighted by Crippen LogP contribution is -2.10.